The maximum atomic E-state index is 12.6. The van der Waals surface area contributed by atoms with Gasteiger partial charge in [0.05, 0.1) is 5.69 Å². The second kappa shape index (κ2) is 8.06. The molecule has 0 fully saturated rings. The normalized spacial score (nSPS) is 13.4. The monoisotopic (exact) mass is 406 g/mol. The summed E-state index contributed by atoms with van der Waals surface area (Å²) < 4.78 is 41.3. The lowest BCUT2D eigenvalue weighted by Gasteiger charge is -2.11. The number of carbonyl (C=O) groups is 1. The molecule has 10 heteroatoms. The van der Waals surface area contributed by atoms with Crippen LogP contribution in [-0.2, 0) is 26.2 Å². The maximum absolute atomic E-state index is 12.6. The number of alkyl halides is 3. The standard InChI is InChI=1S/C13H12F3N3.C6H9N3O/c14-13(15,16)12-7-9(4-5-17-12)11-8-10-3-1-2-6-19(10)18-11;1-4-3-9(2)8-5(4)6(7)10/h4-5,7-8H,1-3,6H2;3H,1-2H3,(H2,7,10). The van der Waals surface area contributed by atoms with Crippen LogP contribution in [0.4, 0.5) is 13.2 Å². The summed E-state index contributed by atoms with van der Waals surface area (Å²) >= 11 is 0. The van der Waals surface area contributed by atoms with Gasteiger partial charge >= 0.3 is 6.18 Å². The maximum Gasteiger partial charge on any atom is 0.433 e. The minimum absolute atomic E-state index is 0.350. The third kappa shape index (κ3) is 4.82. The molecule has 1 aliphatic heterocycles. The van der Waals surface area contributed by atoms with Crippen LogP contribution < -0.4 is 5.73 Å². The average Bonchev–Trinajstić information content (AvgIpc) is 3.24. The third-order valence-electron chi connectivity index (χ3n) is 4.51. The summed E-state index contributed by atoms with van der Waals surface area (Å²) in [6.45, 7) is 2.64. The van der Waals surface area contributed by atoms with Crippen LogP contribution in [0, 0.1) is 6.92 Å². The van der Waals surface area contributed by atoms with E-state index in [9.17, 15) is 18.0 Å². The molecule has 4 heterocycles. The van der Waals surface area contributed by atoms with Gasteiger partial charge in [-0.15, -0.1) is 0 Å². The van der Waals surface area contributed by atoms with E-state index in [1.54, 1.807) is 30.9 Å². The first-order valence-electron chi connectivity index (χ1n) is 9.05. The highest BCUT2D eigenvalue weighted by Crippen LogP contribution is 2.30. The number of aryl methyl sites for hydroxylation is 4. The lowest BCUT2D eigenvalue weighted by molar-refractivity contribution is -0.141. The van der Waals surface area contributed by atoms with Crippen molar-refractivity contribution in [2.45, 2.75) is 38.9 Å². The number of primary amides is 1. The zero-order valence-electron chi connectivity index (χ0n) is 16.1. The van der Waals surface area contributed by atoms with Gasteiger partial charge in [0.1, 0.15) is 5.69 Å². The van der Waals surface area contributed by atoms with Crippen LogP contribution in [0.15, 0.2) is 30.6 Å². The Morgan fingerprint density at radius 2 is 1.97 bits per heavy atom. The third-order valence-corrected chi connectivity index (χ3v) is 4.51. The molecule has 154 valence electrons. The number of nitrogens with zero attached hydrogens (tertiary/aromatic N) is 5. The molecule has 3 aromatic heterocycles. The number of nitrogens with two attached hydrogens (primary N) is 1. The quantitative estimate of drug-likeness (QED) is 0.708. The predicted octanol–water partition coefficient (Wildman–Crippen LogP) is 3.13. The van der Waals surface area contributed by atoms with E-state index in [0.717, 1.165) is 43.1 Å². The summed E-state index contributed by atoms with van der Waals surface area (Å²) in [5.74, 6) is -0.474. The molecule has 0 bridgehead atoms. The van der Waals surface area contributed by atoms with E-state index < -0.39 is 17.8 Å². The Kier molecular flexibility index (Phi) is 5.71. The molecular formula is C19H21F3N6O. The van der Waals surface area contributed by atoms with Gasteiger partial charge in [-0.25, -0.2) is 0 Å². The van der Waals surface area contributed by atoms with Crippen LogP contribution in [0.3, 0.4) is 0 Å². The molecule has 0 aliphatic carbocycles. The average molecular weight is 406 g/mol. The topological polar surface area (TPSA) is 91.6 Å². The Morgan fingerprint density at radius 1 is 1.21 bits per heavy atom. The van der Waals surface area contributed by atoms with E-state index in [0.29, 0.717) is 17.0 Å². The Labute approximate surface area is 165 Å². The van der Waals surface area contributed by atoms with Gasteiger partial charge in [0, 0.05) is 42.8 Å². The second-order valence-electron chi connectivity index (χ2n) is 6.83. The molecule has 2 N–H and O–H groups in total. The molecular weight excluding hydrogens is 385 g/mol. The molecule has 0 spiro atoms. The molecule has 0 radical (unpaired) electrons. The highest BCUT2D eigenvalue weighted by atomic mass is 19.4. The SMILES string of the molecule is Cc1cn(C)nc1C(N)=O.FC(F)(F)c1cc(-c2cc3n(n2)CCCC3)ccn1. The predicted molar refractivity (Wildman–Crippen MR) is 99.9 cm³/mol. The fourth-order valence-electron chi connectivity index (χ4n) is 3.15. The van der Waals surface area contributed by atoms with Gasteiger partial charge < -0.3 is 5.73 Å². The summed E-state index contributed by atoms with van der Waals surface area (Å²) in [6, 6.07) is 4.48. The van der Waals surface area contributed by atoms with Crippen molar-refractivity contribution >= 4 is 5.91 Å². The zero-order chi connectivity index (χ0) is 21.2. The van der Waals surface area contributed by atoms with Gasteiger partial charge in [-0.3, -0.25) is 19.1 Å². The van der Waals surface area contributed by atoms with E-state index in [2.05, 4.69) is 15.2 Å². The van der Waals surface area contributed by atoms with E-state index in [1.807, 2.05) is 10.7 Å². The Bertz CT molecular complexity index is 998. The lowest BCUT2D eigenvalue weighted by Crippen LogP contribution is -2.13. The Balaban J connectivity index is 0.000000204. The van der Waals surface area contributed by atoms with E-state index in [1.165, 1.54) is 6.20 Å². The molecule has 1 amide bonds. The molecule has 4 rings (SSSR count). The summed E-state index contributed by atoms with van der Waals surface area (Å²) in [6.07, 6.45) is 1.61. The van der Waals surface area contributed by atoms with E-state index in [4.69, 9.17) is 5.73 Å². The van der Waals surface area contributed by atoms with Gasteiger partial charge in [-0.05, 0) is 44.4 Å². The van der Waals surface area contributed by atoms with Crippen molar-refractivity contribution in [3.63, 3.8) is 0 Å². The molecule has 0 saturated carbocycles. The minimum atomic E-state index is -4.42. The van der Waals surface area contributed by atoms with Crippen LogP contribution in [0.5, 0.6) is 0 Å². The number of hydrogen-bond donors (Lipinski definition) is 1. The lowest BCUT2D eigenvalue weighted by atomic mass is 10.1. The van der Waals surface area contributed by atoms with Crippen molar-refractivity contribution in [3.8, 4) is 11.3 Å². The summed E-state index contributed by atoms with van der Waals surface area (Å²) in [4.78, 5) is 13.9. The van der Waals surface area contributed by atoms with Crippen molar-refractivity contribution < 1.29 is 18.0 Å². The van der Waals surface area contributed by atoms with Gasteiger partial charge in [0.25, 0.3) is 5.91 Å². The van der Waals surface area contributed by atoms with E-state index in [-0.39, 0.29) is 0 Å². The molecule has 0 atom stereocenters. The van der Waals surface area contributed by atoms with Gasteiger partial charge in [0.15, 0.2) is 5.69 Å². The number of hydrogen-bond acceptors (Lipinski definition) is 4. The van der Waals surface area contributed by atoms with Crippen molar-refractivity contribution in [3.05, 3.63) is 53.2 Å². The number of halogens is 3. The van der Waals surface area contributed by atoms with Gasteiger partial charge in [-0.1, -0.05) is 0 Å². The summed E-state index contributed by atoms with van der Waals surface area (Å²) in [5.41, 5.74) is 7.44. The number of amides is 1. The van der Waals surface area contributed by atoms with Crippen molar-refractivity contribution in [2.75, 3.05) is 0 Å². The highest BCUT2D eigenvalue weighted by Gasteiger charge is 2.32. The first kappa shape index (κ1) is 20.6. The van der Waals surface area contributed by atoms with Crippen LogP contribution in [-0.4, -0.2) is 30.5 Å². The van der Waals surface area contributed by atoms with Gasteiger partial charge in [-0.2, -0.15) is 23.4 Å². The molecule has 3 aromatic rings. The molecule has 7 nitrogen and oxygen atoms in total. The first-order chi connectivity index (χ1) is 13.6. The van der Waals surface area contributed by atoms with Crippen molar-refractivity contribution in [1.29, 1.82) is 0 Å². The molecule has 0 unspecified atom stereocenters. The highest BCUT2D eigenvalue weighted by molar-refractivity contribution is 5.92. The number of carbonyl (C=O) groups excluding carboxylic acids is 1. The Hall–Kier alpha value is -3.17. The molecule has 0 saturated heterocycles. The molecule has 29 heavy (non-hydrogen) atoms. The second-order valence-corrected chi connectivity index (χ2v) is 6.83. The summed E-state index contributed by atoms with van der Waals surface area (Å²) in [7, 11) is 1.75. The van der Waals surface area contributed by atoms with Crippen LogP contribution in [0.1, 0.15) is 40.3 Å². The zero-order valence-corrected chi connectivity index (χ0v) is 16.1. The molecule has 1 aliphatic rings. The van der Waals surface area contributed by atoms with Crippen LogP contribution in [0.25, 0.3) is 11.3 Å². The van der Waals surface area contributed by atoms with Crippen LogP contribution >= 0.6 is 0 Å². The number of fused-ring (bicyclic) bond motifs is 1. The number of aromatic nitrogens is 5. The number of rotatable bonds is 2. The fourth-order valence-corrected chi connectivity index (χ4v) is 3.15. The van der Waals surface area contributed by atoms with Crippen molar-refractivity contribution in [1.82, 2.24) is 24.5 Å². The van der Waals surface area contributed by atoms with Gasteiger partial charge in [0.2, 0.25) is 0 Å². The number of pyridine rings is 1. The largest absolute Gasteiger partial charge is 0.433 e. The van der Waals surface area contributed by atoms with Crippen molar-refractivity contribution in [2.24, 2.45) is 12.8 Å². The first-order valence-corrected chi connectivity index (χ1v) is 9.05. The summed E-state index contributed by atoms with van der Waals surface area (Å²) in [5, 5.41) is 8.22. The Morgan fingerprint density at radius 3 is 2.52 bits per heavy atom. The fraction of sp³-hybridized carbons (Fsp3) is 0.368. The van der Waals surface area contributed by atoms with Crippen LogP contribution in [0.2, 0.25) is 0 Å². The molecule has 0 aromatic carbocycles. The smallest absolute Gasteiger partial charge is 0.364 e. The van der Waals surface area contributed by atoms with E-state index >= 15 is 0 Å². The minimum Gasteiger partial charge on any atom is -0.364 e.